The normalized spacial score (nSPS) is 16.4. The van der Waals surface area contributed by atoms with Crippen LogP contribution in [-0.4, -0.2) is 42.2 Å². The van der Waals surface area contributed by atoms with Gasteiger partial charge < -0.3 is 14.7 Å². The highest BCUT2D eigenvalue weighted by Gasteiger charge is 2.23. The van der Waals surface area contributed by atoms with Gasteiger partial charge >= 0.3 is 5.97 Å². The summed E-state index contributed by atoms with van der Waals surface area (Å²) in [6.45, 7) is 9.07. The molecule has 0 aromatic heterocycles. The lowest BCUT2D eigenvalue weighted by atomic mass is 9.97. The number of ether oxygens (including phenoxy) is 1. The summed E-state index contributed by atoms with van der Waals surface area (Å²) in [4.78, 5) is 13.3. The third kappa shape index (κ3) is 5.19. The summed E-state index contributed by atoms with van der Waals surface area (Å²) in [7, 11) is 0. The van der Waals surface area contributed by atoms with Crippen LogP contribution < -0.4 is 4.74 Å². The van der Waals surface area contributed by atoms with E-state index in [1.165, 1.54) is 5.56 Å². The van der Waals surface area contributed by atoms with Crippen LogP contribution in [0.5, 0.6) is 5.75 Å². The molecule has 1 aromatic carbocycles. The van der Waals surface area contributed by atoms with E-state index in [4.69, 9.17) is 9.84 Å². The van der Waals surface area contributed by atoms with Gasteiger partial charge in [-0.2, -0.15) is 0 Å². The Bertz CT molecular complexity index is 502. The lowest BCUT2D eigenvalue weighted by molar-refractivity contribution is -0.143. The van der Waals surface area contributed by atoms with Crippen molar-refractivity contribution in [1.82, 2.24) is 4.90 Å². The molecule has 2 rings (SSSR count). The minimum Gasteiger partial charge on any atom is -0.489 e. The van der Waals surface area contributed by atoms with E-state index in [1.54, 1.807) is 0 Å². The number of aliphatic carboxylic acids is 1. The third-order valence-electron chi connectivity index (χ3n) is 4.06. The van der Waals surface area contributed by atoms with Crippen LogP contribution in [0.15, 0.2) is 36.4 Å². The summed E-state index contributed by atoms with van der Waals surface area (Å²) in [5.74, 6) is 0.0695. The van der Waals surface area contributed by atoms with Crippen molar-refractivity contribution in [2.45, 2.75) is 26.2 Å². The zero-order valence-corrected chi connectivity index (χ0v) is 13.3. The Labute approximate surface area is 132 Å². The monoisotopic (exact) mass is 303 g/mol. The molecule has 0 radical (unpaired) electrons. The molecule has 0 bridgehead atoms. The van der Waals surface area contributed by atoms with E-state index in [9.17, 15) is 4.79 Å². The Balaban J connectivity index is 1.73. The molecule has 120 valence electrons. The standard InChI is InChI=1S/C18H25NO3/c1-14(2)13-22-17-5-3-15(4-6-17)7-10-19-11-8-16(9-12-19)18(20)21/h3-6,16H,1,7-13H2,2H3,(H,20,21). The van der Waals surface area contributed by atoms with E-state index in [0.717, 1.165) is 50.2 Å². The molecule has 0 amide bonds. The van der Waals surface area contributed by atoms with Gasteiger partial charge in [-0.05, 0) is 62.5 Å². The van der Waals surface area contributed by atoms with Crippen molar-refractivity contribution in [3.05, 3.63) is 42.0 Å². The SMILES string of the molecule is C=C(C)COc1ccc(CCN2CCC(C(=O)O)CC2)cc1. The first-order valence-electron chi connectivity index (χ1n) is 7.86. The Morgan fingerprint density at radius 3 is 2.50 bits per heavy atom. The smallest absolute Gasteiger partial charge is 0.306 e. The van der Waals surface area contributed by atoms with Crippen molar-refractivity contribution in [1.29, 1.82) is 0 Å². The van der Waals surface area contributed by atoms with Crippen molar-refractivity contribution in [3.8, 4) is 5.75 Å². The van der Waals surface area contributed by atoms with E-state index in [1.807, 2.05) is 19.1 Å². The van der Waals surface area contributed by atoms with Crippen molar-refractivity contribution in [2.75, 3.05) is 26.2 Å². The van der Waals surface area contributed by atoms with E-state index in [2.05, 4.69) is 23.6 Å². The number of likely N-dealkylation sites (tertiary alicyclic amines) is 1. The minimum absolute atomic E-state index is 0.152. The first-order valence-corrected chi connectivity index (χ1v) is 7.86. The van der Waals surface area contributed by atoms with Crippen LogP contribution in [0.25, 0.3) is 0 Å². The fourth-order valence-electron chi connectivity index (χ4n) is 2.65. The Kier molecular flexibility index (Phi) is 6.01. The number of carboxylic acids is 1. The van der Waals surface area contributed by atoms with Crippen molar-refractivity contribution in [2.24, 2.45) is 5.92 Å². The van der Waals surface area contributed by atoms with Crippen LogP contribution >= 0.6 is 0 Å². The van der Waals surface area contributed by atoms with Gasteiger partial charge in [-0.25, -0.2) is 0 Å². The topological polar surface area (TPSA) is 49.8 Å². The Hall–Kier alpha value is -1.81. The molecule has 4 nitrogen and oxygen atoms in total. The summed E-state index contributed by atoms with van der Waals surface area (Å²) < 4.78 is 5.59. The van der Waals surface area contributed by atoms with E-state index < -0.39 is 5.97 Å². The number of carbonyl (C=O) groups is 1. The fourth-order valence-corrected chi connectivity index (χ4v) is 2.65. The number of hydrogen-bond acceptors (Lipinski definition) is 3. The van der Waals surface area contributed by atoms with Crippen molar-refractivity contribution in [3.63, 3.8) is 0 Å². The molecule has 1 heterocycles. The zero-order chi connectivity index (χ0) is 15.9. The molecule has 1 N–H and O–H groups in total. The highest BCUT2D eigenvalue weighted by Crippen LogP contribution is 2.18. The molecule has 1 saturated heterocycles. The van der Waals surface area contributed by atoms with Gasteiger partial charge in [-0.1, -0.05) is 18.7 Å². The molecule has 0 aliphatic carbocycles. The second-order valence-corrected chi connectivity index (χ2v) is 6.09. The van der Waals surface area contributed by atoms with Gasteiger partial charge in [0.25, 0.3) is 0 Å². The second kappa shape index (κ2) is 7.99. The van der Waals surface area contributed by atoms with Gasteiger partial charge in [-0.15, -0.1) is 0 Å². The maximum absolute atomic E-state index is 10.9. The van der Waals surface area contributed by atoms with Crippen LogP contribution in [0.4, 0.5) is 0 Å². The lowest BCUT2D eigenvalue weighted by Crippen LogP contribution is -2.37. The first-order chi connectivity index (χ1) is 10.5. The Morgan fingerprint density at radius 2 is 1.95 bits per heavy atom. The second-order valence-electron chi connectivity index (χ2n) is 6.09. The number of piperidine rings is 1. The van der Waals surface area contributed by atoms with Crippen LogP contribution in [0.2, 0.25) is 0 Å². The van der Waals surface area contributed by atoms with Gasteiger partial charge in [0.1, 0.15) is 12.4 Å². The lowest BCUT2D eigenvalue weighted by Gasteiger charge is -2.29. The zero-order valence-electron chi connectivity index (χ0n) is 13.3. The van der Waals surface area contributed by atoms with Crippen LogP contribution in [-0.2, 0) is 11.2 Å². The Morgan fingerprint density at radius 1 is 1.32 bits per heavy atom. The maximum Gasteiger partial charge on any atom is 0.306 e. The number of hydrogen-bond donors (Lipinski definition) is 1. The molecule has 0 saturated carbocycles. The van der Waals surface area contributed by atoms with E-state index in [-0.39, 0.29) is 5.92 Å². The molecule has 4 heteroatoms. The van der Waals surface area contributed by atoms with Crippen molar-refractivity contribution < 1.29 is 14.6 Å². The fraction of sp³-hybridized carbons (Fsp3) is 0.500. The van der Waals surface area contributed by atoms with E-state index in [0.29, 0.717) is 6.61 Å². The third-order valence-corrected chi connectivity index (χ3v) is 4.06. The minimum atomic E-state index is -0.648. The molecule has 0 spiro atoms. The molecule has 1 aliphatic heterocycles. The van der Waals surface area contributed by atoms with Gasteiger partial charge in [0.2, 0.25) is 0 Å². The summed E-state index contributed by atoms with van der Waals surface area (Å²) in [6, 6.07) is 8.18. The summed E-state index contributed by atoms with van der Waals surface area (Å²) in [5, 5.41) is 9.00. The molecule has 0 unspecified atom stereocenters. The summed E-state index contributed by atoms with van der Waals surface area (Å²) >= 11 is 0. The van der Waals surface area contributed by atoms with Gasteiger partial charge in [0, 0.05) is 6.54 Å². The van der Waals surface area contributed by atoms with Gasteiger partial charge in [0.05, 0.1) is 5.92 Å². The average molecular weight is 303 g/mol. The van der Waals surface area contributed by atoms with Crippen LogP contribution in [0.3, 0.4) is 0 Å². The largest absolute Gasteiger partial charge is 0.489 e. The number of carboxylic acid groups (broad SMARTS) is 1. The predicted molar refractivity (Wildman–Crippen MR) is 87.3 cm³/mol. The molecular weight excluding hydrogens is 278 g/mol. The molecule has 22 heavy (non-hydrogen) atoms. The van der Waals surface area contributed by atoms with Gasteiger partial charge in [0.15, 0.2) is 0 Å². The maximum atomic E-state index is 10.9. The quantitative estimate of drug-likeness (QED) is 0.787. The molecule has 1 aliphatic rings. The predicted octanol–water partition coefficient (Wildman–Crippen LogP) is 2.98. The number of rotatable bonds is 7. The molecule has 1 fully saturated rings. The van der Waals surface area contributed by atoms with Gasteiger partial charge in [-0.3, -0.25) is 4.79 Å². The first kappa shape index (κ1) is 16.6. The van der Waals surface area contributed by atoms with Crippen LogP contribution in [0.1, 0.15) is 25.3 Å². The summed E-state index contributed by atoms with van der Waals surface area (Å²) in [5.41, 5.74) is 2.29. The van der Waals surface area contributed by atoms with Crippen LogP contribution in [0, 0.1) is 5.92 Å². The molecular formula is C18H25NO3. The number of benzene rings is 1. The average Bonchev–Trinajstić information content (AvgIpc) is 2.52. The van der Waals surface area contributed by atoms with Crippen molar-refractivity contribution >= 4 is 5.97 Å². The highest BCUT2D eigenvalue weighted by atomic mass is 16.5. The molecule has 0 atom stereocenters. The molecule has 1 aromatic rings. The number of nitrogens with zero attached hydrogens (tertiary/aromatic N) is 1. The highest BCUT2D eigenvalue weighted by molar-refractivity contribution is 5.70. The van der Waals surface area contributed by atoms with E-state index >= 15 is 0 Å². The summed E-state index contributed by atoms with van der Waals surface area (Å²) in [6.07, 6.45) is 2.52.